The van der Waals surface area contributed by atoms with Gasteiger partial charge in [-0.2, -0.15) is 0 Å². The second kappa shape index (κ2) is 10.7. The van der Waals surface area contributed by atoms with Crippen molar-refractivity contribution in [3.05, 3.63) is 59.7 Å². The molecule has 0 bridgehead atoms. The third kappa shape index (κ3) is 7.58. The maximum atomic E-state index is 12.3. The van der Waals surface area contributed by atoms with Crippen molar-refractivity contribution in [1.82, 2.24) is 5.32 Å². The number of carbonyl (C=O) groups is 1. The zero-order valence-corrected chi connectivity index (χ0v) is 16.9. The molecule has 0 spiro atoms. The van der Waals surface area contributed by atoms with E-state index in [-0.39, 0.29) is 18.1 Å². The Morgan fingerprint density at radius 1 is 0.964 bits per heavy atom. The third-order valence-electron chi connectivity index (χ3n) is 4.04. The monoisotopic (exact) mass is 406 g/mol. The van der Waals surface area contributed by atoms with E-state index in [1.165, 1.54) is 0 Å². The number of sulfonamides is 1. The van der Waals surface area contributed by atoms with Crippen LogP contribution in [0.2, 0.25) is 0 Å². The number of methoxy groups -OCH3 is 2. The molecule has 0 fully saturated rings. The summed E-state index contributed by atoms with van der Waals surface area (Å²) in [6.45, 7) is 0.921. The second-order valence-electron chi connectivity index (χ2n) is 6.24. The van der Waals surface area contributed by atoms with Crippen LogP contribution in [0.5, 0.6) is 5.75 Å². The highest BCUT2D eigenvalue weighted by Crippen LogP contribution is 2.15. The van der Waals surface area contributed by atoms with Crippen molar-refractivity contribution < 1.29 is 22.7 Å². The summed E-state index contributed by atoms with van der Waals surface area (Å²) in [6.07, 6.45) is 0.632. The van der Waals surface area contributed by atoms with Crippen LogP contribution < -0.4 is 14.8 Å². The summed E-state index contributed by atoms with van der Waals surface area (Å²) in [5.74, 6) is 0.602. The molecule has 28 heavy (non-hydrogen) atoms. The Bertz CT molecular complexity index is 849. The lowest BCUT2D eigenvalue weighted by molar-refractivity contribution is -0.120. The van der Waals surface area contributed by atoms with Gasteiger partial charge in [-0.1, -0.05) is 24.3 Å². The predicted molar refractivity (Wildman–Crippen MR) is 109 cm³/mol. The van der Waals surface area contributed by atoms with Crippen molar-refractivity contribution in [2.75, 3.05) is 37.8 Å². The molecular weight excluding hydrogens is 380 g/mol. The summed E-state index contributed by atoms with van der Waals surface area (Å²) < 4.78 is 37.1. The van der Waals surface area contributed by atoms with Gasteiger partial charge >= 0.3 is 0 Å². The van der Waals surface area contributed by atoms with Gasteiger partial charge in [0, 0.05) is 19.3 Å². The standard InChI is InChI=1S/C20H26N2O5S/c1-26-13-12-21-20(23)15-17-3-7-18(8-4-17)22-28(24,25)14-11-16-5-9-19(27-2)10-6-16/h3-10,22H,11-15H2,1-2H3,(H,21,23). The van der Waals surface area contributed by atoms with Gasteiger partial charge in [0.05, 0.1) is 25.9 Å². The second-order valence-corrected chi connectivity index (χ2v) is 8.08. The summed E-state index contributed by atoms with van der Waals surface area (Å²) in [7, 11) is -0.316. The van der Waals surface area contributed by atoms with E-state index >= 15 is 0 Å². The van der Waals surface area contributed by atoms with Crippen LogP contribution in [-0.2, 0) is 32.4 Å². The first kappa shape index (κ1) is 21.7. The molecule has 0 saturated heterocycles. The lowest BCUT2D eigenvalue weighted by atomic mass is 10.1. The first-order valence-electron chi connectivity index (χ1n) is 8.90. The number of anilines is 1. The summed E-state index contributed by atoms with van der Waals surface area (Å²) in [6, 6.07) is 14.1. The summed E-state index contributed by atoms with van der Waals surface area (Å²) in [5.41, 5.74) is 2.19. The fourth-order valence-corrected chi connectivity index (χ4v) is 3.61. The van der Waals surface area contributed by atoms with Gasteiger partial charge in [-0.05, 0) is 41.8 Å². The van der Waals surface area contributed by atoms with Crippen LogP contribution in [-0.4, -0.2) is 47.4 Å². The third-order valence-corrected chi connectivity index (χ3v) is 5.33. The molecular formula is C20H26N2O5S. The molecule has 7 nitrogen and oxygen atoms in total. The van der Waals surface area contributed by atoms with Crippen molar-refractivity contribution in [2.24, 2.45) is 0 Å². The van der Waals surface area contributed by atoms with Gasteiger partial charge in [-0.3, -0.25) is 9.52 Å². The zero-order valence-electron chi connectivity index (χ0n) is 16.1. The van der Waals surface area contributed by atoms with Crippen LogP contribution in [0.25, 0.3) is 0 Å². The molecule has 0 atom stereocenters. The molecule has 8 heteroatoms. The van der Waals surface area contributed by atoms with Crippen molar-refractivity contribution in [3.8, 4) is 5.75 Å². The summed E-state index contributed by atoms with van der Waals surface area (Å²) in [5, 5.41) is 2.74. The number of carbonyl (C=O) groups excluding carboxylic acids is 1. The number of hydrogen-bond acceptors (Lipinski definition) is 5. The summed E-state index contributed by atoms with van der Waals surface area (Å²) >= 11 is 0. The molecule has 0 aliphatic carbocycles. The highest BCUT2D eigenvalue weighted by molar-refractivity contribution is 7.92. The Hall–Kier alpha value is -2.58. The van der Waals surface area contributed by atoms with E-state index in [4.69, 9.17) is 9.47 Å². The normalized spacial score (nSPS) is 11.1. The molecule has 0 aliphatic rings. The van der Waals surface area contributed by atoms with Crippen molar-refractivity contribution in [3.63, 3.8) is 0 Å². The minimum atomic E-state index is -3.47. The minimum absolute atomic E-state index is 0.0248. The predicted octanol–water partition coefficient (Wildman–Crippen LogP) is 1.98. The maximum absolute atomic E-state index is 12.3. The van der Waals surface area contributed by atoms with E-state index in [0.717, 1.165) is 16.9 Å². The molecule has 0 radical (unpaired) electrons. The van der Waals surface area contributed by atoms with E-state index in [9.17, 15) is 13.2 Å². The zero-order chi connectivity index (χ0) is 20.4. The van der Waals surface area contributed by atoms with Gasteiger partial charge in [-0.25, -0.2) is 8.42 Å². The molecule has 1 amide bonds. The molecule has 2 N–H and O–H groups in total. The fraction of sp³-hybridized carbons (Fsp3) is 0.350. The number of aryl methyl sites for hydroxylation is 1. The van der Waals surface area contributed by atoms with Gasteiger partial charge in [0.2, 0.25) is 15.9 Å². The highest BCUT2D eigenvalue weighted by atomic mass is 32.2. The average molecular weight is 407 g/mol. The van der Waals surface area contributed by atoms with Gasteiger partial charge < -0.3 is 14.8 Å². The van der Waals surface area contributed by atoms with Crippen LogP contribution in [0.3, 0.4) is 0 Å². The van der Waals surface area contributed by atoms with E-state index in [0.29, 0.717) is 25.3 Å². The molecule has 2 aromatic rings. The molecule has 0 heterocycles. The van der Waals surface area contributed by atoms with Crippen LogP contribution in [0, 0.1) is 0 Å². The van der Waals surface area contributed by atoms with Gasteiger partial charge in [-0.15, -0.1) is 0 Å². The number of ether oxygens (including phenoxy) is 2. The number of hydrogen-bond donors (Lipinski definition) is 2. The van der Waals surface area contributed by atoms with E-state index < -0.39 is 10.0 Å². The highest BCUT2D eigenvalue weighted by Gasteiger charge is 2.11. The molecule has 152 valence electrons. The number of amides is 1. The minimum Gasteiger partial charge on any atom is -0.497 e. The Morgan fingerprint density at radius 3 is 2.21 bits per heavy atom. The van der Waals surface area contributed by atoms with Crippen LogP contribution in [0.15, 0.2) is 48.5 Å². The number of benzene rings is 2. The number of rotatable bonds is 11. The molecule has 0 saturated carbocycles. The van der Waals surface area contributed by atoms with Crippen molar-refractivity contribution >= 4 is 21.6 Å². The lowest BCUT2D eigenvalue weighted by Gasteiger charge is -2.09. The molecule has 2 rings (SSSR count). The topological polar surface area (TPSA) is 93.7 Å². The number of nitrogens with one attached hydrogen (secondary N) is 2. The van der Waals surface area contributed by atoms with Crippen LogP contribution >= 0.6 is 0 Å². The van der Waals surface area contributed by atoms with Crippen LogP contribution in [0.4, 0.5) is 5.69 Å². The fourth-order valence-electron chi connectivity index (χ4n) is 2.51. The Morgan fingerprint density at radius 2 is 1.61 bits per heavy atom. The molecule has 0 aliphatic heterocycles. The Kier molecular flexibility index (Phi) is 8.28. The quantitative estimate of drug-likeness (QED) is 0.557. The Balaban J connectivity index is 1.84. The van der Waals surface area contributed by atoms with Gasteiger partial charge in [0.25, 0.3) is 0 Å². The lowest BCUT2D eigenvalue weighted by Crippen LogP contribution is -2.28. The molecule has 0 unspecified atom stereocenters. The largest absolute Gasteiger partial charge is 0.497 e. The Labute approximate surface area is 166 Å². The smallest absolute Gasteiger partial charge is 0.233 e. The van der Waals surface area contributed by atoms with Gasteiger partial charge in [0.1, 0.15) is 5.75 Å². The SMILES string of the molecule is COCCNC(=O)Cc1ccc(NS(=O)(=O)CCc2ccc(OC)cc2)cc1. The first-order valence-corrected chi connectivity index (χ1v) is 10.5. The molecule has 2 aromatic carbocycles. The van der Waals surface area contributed by atoms with Crippen molar-refractivity contribution in [2.45, 2.75) is 12.8 Å². The maximum Gasteiger partial charge on any atom is 0.233 e. The van der Waals surface area contributed by atoms with Crippen molar-refractivity contribution in [1.29, 1.82) is 0 Å². The van der Waals surface area contributed by atoms with Crippen LogP contribution in [0.1, 0.15) is 11.1 Å². The first-order chi connectivity index (χ1) is 13.4. The van der Waals surface area contributed by atoms with E-state index in [1.54, 1.807) is 50.6 Å². The average Bonchev–Trinajstić information content (AvgIpc) is 2.68. The molecule has 0 aromatic heterocycles. The van der Waals surface area contributed by atoms with Gasteiger partial charge in [0.15, 0.2) is 0 Å². The summed E-state index contributed by atoms with van der Waals surface area (Å²) in [4.78, 5) is 11.8. The van der Waals surface area contributed by atoms with E-state index in [1.807, 2.05) is 12.1 Å². The van der Waals surface area contributed by atoms with E-state index in [2.05, 4.69) is 10.0 Å².